The molecule has 1 aliphatic rings. The second-order valence-electron chi connectivity index (χ2n) is 1.91. The van der Waals surface area contributed by atoms with E-state index in [2.05, 4.69) is 11.1 Å². The van der Waals surface area contributed by atoms with Crippen molar-refractivity contribution in [3.05, 3.63) is 20.3 Å². The molecule has 0 amide bonds. The number of halogens is 2. The molecule has 0 saturated heterocycles. The molecule has 0 fully saturated rings. The lowest BCUT2D eigenvalue weighted by atomic mass is 10.3. The van der Waals surface area contributed by atoms with Crippen molar-refractivity contribution >= 4 is 40.4 Å². The van der Waals surface area contributed by atoms with Crippen molar-refractivity contribution in [3.63, 3.8) is 0 Å². The van der Waals surface area contributed by atoms with Crippen molar-refractivity contribution in [2.45, 2.75) is 0 Å². The molecule has 0 saturated carbocycles. The van der Waals surface area contributed by atoms with Crippen LogP contribution in [-0.2, 0) is 0 Å². The van der Waals surface area contributed by atoms with Gasteiger partial charge in [0.15, 0.2) is 0 Å². The minimum absolute atomic E-state index is 0.432. The van der Waals surface area contributed by atoms with E-state index < -0.39 is 0 Å². The molecule has 0 N–H and O–H groups in total. The molecule has 0 aromatic carbocycles. The molecule has 0 aromatic rings. The molecule has 11 heavy (non-hydrogen) atoms. The molecule has 0 bridgehead atoms. The van der Waals surface area contributed by atoms with Gasteiger partial charge in [0.1, 0.15) is 0 Å². The molecule has 4 heteroatoms. The minimum atomic E-state index is 0.432. The standard InChI is InChI=1S/C7H4ClIN2/c8-6-1-2-11-4-5(3-10)7(6)9/h1-2H,4H2. The van der Waals surface area contributed by atoms with Gasteiger partial charge in [-0.05, 0) is 28.7 Å². The summed E-state index contributed by atoms with van der Waals surface area (Å²) in [5, 5.41) is 9.22. The molecule has 0 radical (unpaired) electrons. The van der Waals surface area contributed by atoms with Gasteiger partial charge in [0.05, 0.1) is 23.2 Å². The summed E-state index contributed by atoms with van der Waals surface area (Å²) in [6.45, 7) is 0.432. The van der Waals surface area contributed by atoms with Crippen LogP contribution >= 0.6 is 34.2 Å². The van der Waals surface area contributed by atoms with Crippen molar-refractivity contribution < 1.29 is 0 Å². The third kappa shape index (κ3) is 2.04. The Morgan fingerprint density at radius 2 is 2.45 bits per heavy atom. The topological polar surface area (TPSA) is 36.1 Å². The van der Waals surface area contributed by atoms with E-state index in [1.54, 1.807) is 12.3 Å². The highest BCUT2D eigenvalue weighted by Crippen LogP contribution is 2.26. The predicted molar refractivity (Wildman–Crippen MR) is 54.0 cm³/mol. The van der Waals surface area contributed by atoms with Gasteiger partial charge in [-0.25, -0.2) is 0 Å². The number of nitriles is 1. The van der Waals surface area contributed by atoms with E-state index in [0.29, 0.717) is 17.2 Å². The number of hydrogen-bond acceptors (Lipinski definition) is 2. The predicted octanol–water partition coefficient (Wildman–Crippen LogP) is 2.41. The van der Waals surface area contributed by atoms with Crippen LogP contribution in [-0.4, -0.2) is 12.8 Å². The van der Waals surface area contributed by atoms with Gasteiger partial charge in [0.25, 0.3) is 0 Å². The van der Waals surface area contributed by atoms with Crippen molar-refractivity contribution in [1.82, 2.24) is 0 Å². The zero-order chi connectivity index (χ0) is 8.27. The third-order valence-electron chi connectivity index (χ3n) is 1.19. The summed E-state index contributed by atoms with van der Waals surface area (Å²) in [7, 11) is 0. The van der Waals surface area contributed by atoms with Crippen molar-refractivity contribution in [2.24, 2.45) is 4.99 Å². The zero-order valence-corrected chi connectivity index (χ0v) is 8.43. The molecule has 2 nitrogen and oxygen atoms in total. The Kier molecular flexibility index (Phi) is 3.09. The van der Waals surface area contributed by atoms with Crippen molar-refractivity contribution in [3.8, 4) is 6.07 Å². The molecule has 0 aromatic heterocycles. The van der Waals surface area contributed by atoms with E-state index in [4.69, 9.17) is 16.9 Å². The SMILES string of the molecule is N#CC1=C(I)C(Cl)=CC=NC1. The van der Waals surface area contributed by atoms with E-state index in [1.165, 1.54) is 0 Å². The first-order valence-corrected chi connectivity index (χ1v) is 4.36. The smallest absolute Gasteiger partial charge is 0.0978 e. The van der Waals surface area contributed by atoms with Crippen LogP contribution in [0, 0.1) is 11.3 Å². The van der Waals surface area contributed by atoms with Crippen LogP contribution in [0.15, 0.2) is 25.3 Å². The van der Waals surface area contributed by atoms with E-state index in [1.807, 2.05) is 22.6 Å². The van der Waals surface area contributed by atoms with Crippen LogP contribution in [0.5, 0.6) is 0 Å². The summed E-state index contributed by atoms with van der Waals surface area (Å²) in [6, 6.07) is 2.06. The van der Waals surface area contributed by atoms with Gasteiger partial charge < -0.3 is 0 Å². The summed E-state index contributed by atoms with van der Waals surface area (Å²) in [5.41, 5.74) is 0.626. The van der Waals surface area contributed by atoms with Crippen LogP contribution in [0.2, 0.25) is 0 Å². The summed E-state index contributed by atoms with van der Waals surface area (Å²) in [6.07, 6.45) is 3.30. The fourth-order valence-electron chi connectivity index (χ4n) is 0.633. The molecule has 0 atom stereocenters. The maximum absolute atomic E-state index is 8.63. The first-order valence-electron chi connectivity index (χ1n) is 2.90. The Labute approximate surface area is 83.4 Å². The van der Waals surface area contributed by atoms with E-state index in [0.717, 1.165) is 3.58 Å². The van der Waals surface area contributed by atoms with Gasteiger partial charge >= 0.3 is 0 Å². The lowest BCUT2D eigenvalue weighted by Gasteiger charge is -1.95. The maximum atomic E-state index is 8.63. The van der Waals surface area contributed by atoms with Gasteiger partial charge in [0, 0.05) is 9.79 Å². The zero-order valence-electron chi connectivity index (χ0n) is 5.51. The normalized spacial score (nSPS) is 17.4. The number of aliphatic imine (C=N–C) groups is 1. The van der Waals surface area contributed by atoms with Crippen LogP contribution in [0.1, 0.15) is 0 Å². The first kappa shape index (κ1) is 8.75. The summed E-state index contributed by atoms with van der Waals surface area (Å²) in [5.74, 6) is 0. The molecule has 0 spiro atoms. The second-order valence-corrected chi connectivity index (χ2v) is 3.39. The van der Waals surface area contributed by atoms with Crippen molar-refractivity contribution in [2.75, 3.05) is 6.54 Å². The average Bonchev–Trinajstić information content (AvgIpc) is 2.16. The van der Waals surface area contributed by atoms with Gasteiger partial charge in [-0.1, -0.05) is 11.6 Å². The highest BCUT2D eigenvalue weighted by molar-refractivity contribution is 14.1. The molecule has 0 unspecified atom stereocenters. The van der Waals surface area contributed by atoms with Gasteiger partial charge in [-0.3, -0.25) is 4.99 Å². The number of hydrogen-bond donors (Lipinski definition) is 0. The molecule has 1 heterocycles. The number of rotatable bonds is 0. The van der Waals surface area contributed by atoms with Gasteiger partial charge in [-0.2, -0.15) is 5.26 Å². The van der Waals surface area contributed by atoms with Gasteiger partial charge in [0.2, 0.25) is 0 Å². The van der Waals surface area contributed by atoms with E-state index in [9.17, 15) is 0 Å². The number of nitrogens with zero attached hydrogens (tertiary/aromatic N) is 2. The van der Waals surface area contributed by atoms with Gasteiger partial charge in [-0.15, -0.1) is 0 Å². The van der Waals surface area contributed by atoms with Crippen LogP contribution in [0.4, 0.5) is 0 Å². The highest BCUT2D eigenvalue weighted by atomic mass is 127. The Bertz CT molecular complexity index is 296. The Morgan fingerprint density at radius 1 is 1.73 bits per heavy atom. The van der Waals surface area contributed by atoms with E-state index in [-0.39, 0.29) is 0 Å². The summed E-state index contributed by atoms with van der Waals surface area (Å²) < 4.78 is 0.796. The molecule has 1 aliphatic heterocycles. The fraction of sp³-hybridized carbons (Fsp3) is 0.143. The van der Waals surface area contributed by atoms with Crippen LogP contribution in [0.25, 0.3) is 0 Å². The maximum Gasteiger partial charge on any atom is 0.0978 e. The Morgan fingerprint density at radius 3 is 3.09 bits per heavy atom. The highest BCUT2D eigenvalue weighted by Gasteiger charge is 2.07. The second kappa shape index (κ2) is 3.88. The van der Waals surface area contributed by atoms with E-state index >= 15 is 0 Å². The van der Waals surface area contributed by atoms with Crippen molar-refractivity contribution in [1.29, 1.82) is 5.26 Å². The summed E-state index contributed by atoms with van der Waals surface area (Å²) >= 11 is 7.84. The minimum Gasteiger partial charge on any atom is -0.288 e. The largest absolute Gasteiger partial charge is 0.288 e. The number of allylic oxidation sites excluding steroid dienone is 3. The molecular formula is C7H4ClIN2. The molecular weight excluding hydrogens is 274 g/mol. The van der Waals surface area contributed by atoms with Crippen LogP contribution in [0.3, 0.4) is 0 Å². The lowest BCUT2D eigenvalue weighted by Crippen LogP contribution is -1.86. The molecule has 1 rings (SSSR count). The quantitative estimate of drug-likeness (QED) is 0.627. The monoisotopic (exact) mass is 278 g/mol. The fourth-order valence-corrected chi connectivity index (χ4v) is 1.27. The Hall–Kier alpha value is -0.340. The first-order chi connectivity index (χ1) is 5.25. The molecule has 0 aliphatic carbocycles. The third-order valence-corrected chi connectivity index (χ3v) is 3.05. The summed E-state index contributed by atoms with van der Waals surface area (Å²) in [4.78, 5) is 3.95. The Balaban J connectivity index is 3.10. The average molecular weight is 278 g/mol. The lowest BCUT2D eigenvalue weighted by molar-refractivity contribution is 1.20. The molecule has 56 valence electrons. The van der Waals surface area contributed by atoms with Crippen LogP contribution < -0.4 is 0 Å².